The molecule has 5 heteroatoms. The van der Waals surface area contributed by atoms with Gasteiger partial charge in [-0.1, -0.05) is 13.8 Å². The smallest absolute Gasteiger partial charge is 0.243 e. The fourth-order valence-corrected chi connectivity index (χ4v) is 2.85. The summed E-state index contributed by atoms with van der Waals surface area (Å²) in [5, 5.41) is 2.95. The average Bonchev–Trinajstić information content (AvgIpc) is 3.21. The molecule has 2 fully saturated rings. The molecule has 108 valence electrons. The Morgan fingerprint density at radius 3 is 2.75 bits per heavy atom. The molecule has 1 unspecified atom stereocenters. The van der Waals surface area contributed by atoms with E-state index in [0.717, 1.165) is 23.9 Å². The van der Waals surface area contributed by atoms with Crippen molar-refractivity contribution in [2.75, 3.05) is 18.0 Å². The number of nitrogens with zero attached hydrogens (tertiary/aromatic N) is 3. The van der Waals surface area contributed by atoms with Gasteiger partial charge >= 0.3 is 0 Å². The summed E-state index contributed by atoms with van der Waals surface area (Å²) in [5.74, 6) is 2.76. The van der Waals surface area contributed by atoms with Gasteiger partial charge in [0.05, 0.1) is 0 Å². The summed E-state index contributed by atoms with van der Waals surface area (Å²) in [5.41, 5.74) is 0.991. The zero-order valence-electron chi connectivity index (χ0n) is 12.4. The largest absolute Gasteiger partial charge is 0.353 e. The number of aromatic nitrogens is 2. The molecule has 1 saturated heterocycles. The lowest BCUT2D eigenvalue weighted by Gasteiger charge is -2.38. The Balaban J connectivity index is 1.95. The third kappa shape index (κ3) is 2.49. The van der Waals surface area contributed by atoms with Crippen LogP contribution in [-0.2, 0) is 4.79 Å². The number of amides is 1. The van der Waals surface area contributed by atoms with Gasteiger partial charge in [0.15, 0.2) is 0 Å². The molecule has 1 aromatic heterocycles. The highest BCUT2D eigenvalue weighted by molar-refractivity contribution is 5.86. The lowest BCUT2D eigenvalue weighted by molar-refractivity contribution is -0.124. The van der Waals surface area contributed by atoms with E-state index in [1.807, 2.05) is 13.0 Å². The molecule has 2 heterocycles. The van der Waals surface area contributed by atoms with Gasteiger partial charge in [-0.2, -0.15) is 0 Å². The fraction of sp³-hybridized carbons (Fsp3) is 0.667. The topological polar surface area (TPSA) is 58.1 Å². The monoisotopic (exact) mass is 274 g/mol. The molecule has 2 aliphatic rings. The second kappa shape index (κ2) is 5.04. The molecule has 0 radical (unpaired) electrons. The highest BCUT2D eigenvalue weighted by atomic mass is 16.2. The second-order valence-electron chi connectivity index (χ2n) is 6.17. The van der Waals surface area contributed by atoms with Crippen LogP contribution in [0.3, 0.4) is 0 Å². The lowest BCUT2D eigenvalue weighted by atomic mass is 9.99. The first kappa shape index (κ1) is 13.3. The number of nitrogens with one attached hydrogen (secondary N) is 1. The second-order valence-corrected chi connectivity index (χ2v) is 6.17. The highest BCUT2D eigenvalue weighted by Gasteiger charge is 2.34. The third-order valence-corrected chi connectivity index (χ3v) is 3.98. The summed E-state index contributed by atoms with van der Waals surface area (Å²) >= 11 is 0. The molecule has 1 N–H and O–H groups in total. The van der Waals surface area contributed by atoms with E-state index in [-0.39, 0.29) is 17.9 Å². The summed E-state index contributed by atoms with van der Waals surface area (Å²) in [7, 11) is 0. The summed E-state index contributed by atoms with van der Waals surface area (Å²) < 4.78 is 0. The zero-order valence-corrected chi connectivity index (χ0v) is 12.4. The number of carbonyl (C=O) groups excluding carboxylic acids is 1. The maximum Gasteiger partial charge on any atom is 0.243 e. The average molecular weight is 274 g/mol. The quantitative estimate of drug-likeness (QED) is 0.910. The Morgan fingerprint density at radius 1 is 1.35 bits per heavy atom. The van der Waals surface area contributed by atoms with Crippen LogP contribution in [-0.4, -0.2) is 35.0 Å². The maximum absolute atomic E-state index is 12.1. The van der Waals surface area contributed by atoms with Crippen molar-refractivity contribution in [1.82, 2.24) is 15.3 Å². The van der Waals surface area contributed by atoms with Crippen LogP contribution in [0, 0.1) is 12.8 Å². The molecule has 0 bridgehead atoms. The molecular weight excluding hydrogens is 252 g/mol. The van der Waals surface area contributed by atoms with E-state index < -0.39 is 0 Å². The van der Waals surface area contributed by atoms with Crippen molar-refractivity contribution < 1.29 is 4.79 Å². The molecule has 0 spiro atoms. The minimum atomic E-state index is -0.134. The van der Waals surface area contributed by atoms with Crippen molar-refractivity contribution in [2.45, 2.75) is 45.6 Å². The molecule has 1 amide bonds. The van der Waals surface area contributed by atoms with Crippen molar-refractivity contribution in [3.05, 3.63) is 17.6 Å². The molecule has 5 nitrogen and oxygen atoms in total. The molecular formula is C15H22N4O. The van der Waals surface area contributed by atoms with Gasteiger partial charge in [-0.05, 0) is 25.7 Å². The van der Waals surface area contributed by atoms with Crippen LogP contribution < -0.4 is 10.2 Å². The van der Waals surface area contributed by atoms with Crippen LogP contribution in [0.5, 0.6) is 0 Å². The van der Waals surface area contributed by atoms with Crippen LogP contribution in [0.25, 0.3) is 0 Å². The van der Waals surface area contributed by atoms with Crippen molar-refractivity contribution >= 4 is 11.7 Å². The van der Waals surface area contributed by atoms with E-state index in [9.17, 15) is 4.79 Å². The van der Waals surface area contributed by atoms with Crippen LogP contribution in [0.2, 0.25) is 0 Å². The minimum Gasteiger partial charge on any atom is -0.353 e. The summed E-state index contributed by atoms with van der Waals surface area (Å²) in [6.45, 7) is 7.67. The molecule has 20 heavy (non-hydrogen) atoms. The number of rotatable bonds is 3. The van der Waals surface area contributed by atoms with Crippen molar-refractivity contribution in [3.8, 4) is 0 Å². The van der Waals surface area contributed by atoms with Gasteiger partial charge in [0.2, 0.25) is 5.91 Å². The van der Waals surface area contributed by atoms with E-state index in [0.29, 0.717) is 12.5 Å². The molecule has 1 aromatic rings. The van der Waals surface area contributed by atoms with Crippen LogP contribution in [0.1, 0.15) is 44.1 Å². The first-order valence-corrected chi connectivity index (χ1v) is 7.46. The predicted molar refractivity (Wildman–Crippen MR) is 77.7 cm³/mol. The van der Waals surface area contributed by atoms with Crippen LogP contribution in [0.4, 0.5) is 5.82 Å². The molecule has 3 rings (SSSR count). The molecule has 1 atom stereocenters. The van der Waals surface area contributed by atoms with Gasteiger partial charge in [0.25, 0.3) is 0 Å². The summed E-state index contributed by atoms with van der Waals surface area (Å²) in [6, 6.07) is 1.87. The van der Waals surface area contributed by atoms with Gasteiger partial charge in [-0.25, -0.2) is 9.97 Å². The number of piperazine rings is 1. The Morgan fingerprint density at radius 2 is 2.10 bits per heavy atom. The van der Waals surface area contributed by atoms with E-state index in [2.05, 4.69) is 29.0 Å². The Hall–Kier alpha value is -1.65. The first-order valence-electron chi connectivity index (χ1n) is 7.46. The SMILES string of the molecule is Cc1cc(N2CCNC(=O)C2C(C)C)nc(C2CC2)n1. The Kier molecular flexibility index (Phi) is 3.36. The molecule has 1 saturated carbocycles. The summed E-state index contributed by atoms with van der Waals surface area (Å²) in [4.78, 5) is 23.5. The molecule has 1 aliphatic carbocycles. The number of hydrogen-bond acceptors (Lipinski definition) is 4. The van der Waals surface area contributed by atoms with Gasteiger partial charge in [0.1, 0.15) is 17.7 Å². The van der Waals surface area contributed by atoms with Crippen molar-refractivity contribution in [2.24, 2.45) is 5.92 Å². The standard InChI is InChI=1S/C15H22N4O/c1-9(2)13-15(20)16-6-7-19(13)12-8-10(3)17-14(18-12)11-4-5-11/h8-9,11,13H,4-7H2,1-3H3,(H,16,20). The maximum atomic E-state index is 12.1. The highest BCUT2D eigenvalue weighted by Crippen LogP contribution is 2.38. The first-order chi connectivity index (χ1) is 9.56. The number of hydrogen-bond donors (Lipinski definition) is 1. The van der Waals surface area contributed by atoms with Crippen molar-refractivity contribution in [3.63, 3.8) is 0 Å². The van der Waals surface area contributed by atoms with Crippen LogP contribution in [0.15, 0.2) is 6.07 Å². The normalized spacial score (nSPS) is 23.1. The van der Waals surface area contributed by atoms with Gasteiger partial charge in [0, 0.05) is 30.8 Å². The Bertz CT molecular complexity index is 525. The molecule has 1 aliphatic heterocycles. The van der Waals surface area contributed by atoms with E-state index in [4.69, 9.17) is 4.98 Å². The minimum absolute atomic E-state index is 0.107. The number of aryl methyl sites for hydroxylation is 1. The fourth-order valence-electron chi connectivity index (χ4n) is 2.85. The number of anilines is 1. The number of carbonyl (C=O) groups is 1. The summed E-state index contributed by atoms with van der Waals surface area (Å²) in [6.07, 6.45) is 2.38. The van der Waals surface area contributed by atoms with Gasteiger partial charge in [-0.15, -0.1) is 0 Å². The predicted octanol–water partition coefficient (Wildman–Crippen LogP) is 1.62. The van der Waals surface area contributed by atoms with E-state index in [1.54, 1.807) is 0 Å². The van der Waals surface area contributed by atoms with Gasteiger partial charge in [-0.3, -0.25) is 4.79 Å². The Labute approximate surface area is 119 Å². The third-order valence-electron chi connectivity index (χ3n) is 3.98. The van der Waals surface area contributed by atoms with Gasteiger partial charge < -0.3 is 10.2 Å². The van der Waals surface area contributed by atoms with E-state index in [1.165, 1.54) is 12.8 Å². The lowest BCUT2D eigenvalue weighted by Crippen LogP contribution is -2.57. The van der Waals surface area contributed by atoms with Crippen molar-refractivity contribution in [1.29, 1.82) is 0 Å². The van der Waals surface area contributed by atoms with E-state index >= 15 is 0 Å². The molecule has 0 aromatic carbocycles. The van der Waals surface area contributed by atoms with Crippen LogP contribution >= 0.6 is 0 Å². The zero-order chi connectivity index (χ0) is 14.3.